The van der Waals surface area contributed by atoms with Crippen molar-refractivity contribution in [3.8, 4) is 17.0 Å². The van der Waals surface area contributed by atoms with Crippen LogP contribution in [0.5, 0.6) is 5.88 Å². The van der Waals surface area contributed by atoms with Gasteiger partial charge in [0, 0.05) is 43.2 Å². The number of rotatable bonds is 4. The second-order valence-electron chi connectivity index (χ2n) is 6.12. The molecule has 1 aromatic carbocycles. The van der Waals surface area contributed by atoms with E-state index in [2.05, 4.69) is 20.9 Å². The molecular weight excluding hydrogens is 317 g/mol. The number of hydrogen-bond donors (Lipinski definition) is 0. The van der Waals surface area contributed by atoms with E-state index in [-0.39, 0.29) is 5.82 Å². The third-order valence-corrected chi connectivity index (χ3v) is 4.47. The lowest BCUT2D eigenvalue weighted by Gasteiger charge is -2.16. The minimum absolute atomic E-state index is 0.215. The standard InChI is InChI=1S/C20H18FN3O/c1-25-20-17(5-3-9-23-20)14-6-7-15(18(21)10-14)11-24-12-16-4-2-8-22-19(16)13-24/h2-10H,11-13H2,1H3. The summed E-state index contributed by atoms with van der Waals surface area (Å²) >= 11 is 0. The fourth-order valence-electron chi connectivity index (χ4n) is 3.24. The molecule has 0 fully saturated rings. The molecule has 0 saturated heterocycles. The number of hydrogen-bond acceptors (Lipinski definition) is 4. The van der Waals surface area contributed by atoms with Crippen LogP contribution in [0.1, 0.15) is 16.8 Å². The predicted octanol–water partition coefficient (Wildman–Crippen LogP) is 3.81. The van der Waals surface area contributed by atoms with Gasteiger partial charge in [-0.2, -0.15) is 0 Å². The van der Waals surface area contributed by atoms with Crippen LogP contribution in [0.3, 0.4) is 0 Å². The summed E-state index contributed by atoms with van der Waals surface area (Å²) in [5, 5.41) is 0. The normalized spacial score (nSPS) is 13.7. The van der Waals surface area contributed by atoms with E-state index in [1.54, 1.807) is 25.6 Å². The molecule has 0 spiro atoms. The number of benzene rings is 1. The molecule has 25 heavy (non-hydrogen) atoms. The fraction of sp³-hybridized carbons (Fsp3) is 0.200. The molecule has 4 rings (SSSR count). The first-order valence-electron chi connectivity index (χ1n) is 8.17. The Hall–Kier alpha value is -2.79. The summed E-state index contributed by atoms with van der Waals surface area (Å²) in [6.45, 7) is 2.13. The zero-order valence-electron chi connectivity index (χ0n) is 13.9. The van der Waals surface area contributed by atoms with Gasteiger partial charge in [0.05, 0.1) is 12.8 Å². The molecule has 5 heteroatoms. The van der Waals surface area contributed by atoms with Crippen LogP contribution in [0.4, 0.5) is 4.39 Å². The van der Waals surface area contributed by atoms with Gasteiger partial charge in [0.25, 0.3) is 0 Å². The highest BCUT2D eigenvalue weighted by molar-refractivity contribution is 5.68. The van der Waals surface area contributed by atoms with Gasteiger partial charge in [0.2, 0.25) is 5.88 Å². The molecule has 0 amide bonds. The van der Waals surface area contributed by atoms with Gasteiger partial charge < -0.3 is 4.74 Å². The molecule has 0 bridgehead atoms. The van der Waals surface area contributed by atoms with Crippen molar-refractivity contribution in [1.82, 2.24) is 14.9 Å². The van der Waals surface area contributed by atoms with Crippen molar-refractivity contribution in [3.63, 3.8) is 0 Å². The van der Waals surface area contributed by atoms with Crippen LogP contribution in [-0.2, 0) is 19.6 Å². The molecule has 3 aromatic rings. The Morgan fingerprint density at radius 3 is 2.72 bits per heavy atom. The number of nitrogens with zero attached hydrogens (tertiary/aromatic N) is 3. The molecule has 0 saturated carbocycles. The highest BCUT2D eigenvalue weighted by Crippen LogP contribution is 2.30. The van der Waals surface area contributed by atoms with Gasteiger partial charge in [-0.3, -0.25) is 9.88 Å². The number of methoxy groups -OCH3 is 1. The van der Waals surface area contributed by atoms with Gasteiger partial charge >= 0.3 is 0 Å². The number of halogens is 1. The molecule has 0 N–H and O–H groups in total. The van der Waals surface area contributed by atoms with Gasteiger partial charge in [0.15, 0.2) is 0 Å². The Morgan fingerprint density at radius 1 is 1.08 bits per heavy atom. The molecule has 0 unspecified atom stereocenters. The molecule has 0 atom stereocenters. The highest BCUT2D eigenvalue weighted by Gasteiger charge is 2.21. The molecule has 3 heterocycles. The fourth-order valence-corrected chi connectivity index (χ4v) is 3.24. The van der Waals surface area contributed by atoms with Gasteiger partial charge in [-0.15, -0.1) is 0 Å². The average molecular weight is 335 g/mol. The van der Waals surface area contributed by atoms with Crippen molar-refractivity contribution in [1.29, 1.82) is 0 Å². The number of ether oxygens (including phenoxy) is 1. The Balaban J connectivity index is 1.55. The zero-order chi connectivity index (χ0) is 17.2. The first-order valence-corrected chi connectivity index (χ1v) is 8.17. The van der Waals surface area contributed by atoms with E-state index in [0.29, 0.717) is 18.0 Å². The van der Waals surface area contributed by atoms with Crippen LogP contribution < -0.4 is 4.74 Å². The summed E-state index contributed by atoms with van der Waals surface area (Å²) < 4.78 is 19.9. The maximum Gasteiger partial charge on any atom is 0.221 e. The lowest BCUT2D eigenvalue weighted by atomic mass is 10.0. The topological polar surface area (TPSA) is 38.2 Å². The average Bonchev–Trinajstić information content (AvgIpc) is 3.06. The van der Waals surface area contributed by atoms with Crippen LogP contribution >= 0.6 is 0 Å². The largest absolute Gasteiger partial charge is 0.481 e. The predicted molar refractivity (Wildman–Crippen MR) is 93.4 cm³/mol. The first-order chi connectivity index (χ1) is 12.2. The van der Waals surface area contributed by atoms with Crippen molar-refractivity contribution in [3.05, 3.63) is 77.5 Å². The minimum Gasteiger partial charge on any atom is -0.481 e. The van der Waals surface area contributed by atoms with Crippen molar-refractivity contribution >= 4 is 0 Å². The van der Waals surface area contributed by atoms with E-state index in [9.17, 15) is 4.39 Å². The Morgan fingerprint density at radius 2 is 1.92 bits per heavy atom. The third-order valence-electron chi connectivity index (χ3n) is 4.47. The van der Waals surface area contributed by atoms with Gasteiger partial charge in [-0.05, 0) is 35.4 Å². The van der Waals surface area contributed by atoms with Gasteiger partial charge in [-0.25, -0.2) is 9.37 Å². The molecule has 4 nitrogen and oxygen atoms in total. The lowest BCUT2D eigenvalue weighted by molar-refractivity contribution is 0.270. The molecule has 1 aliphatic rings. The molecule has 1 aliphatic heterocycles. The Labute approximate surface area is 145 Å². The van der Waals surface area contributed by atoms with E-state index >= 15 is 0 Å². The monoisotopic (exact) mass is 335 g/mol. The second-order valence-corrected chi connectivity index (χ2v) is 6.12. The lowest BCUT2D eigenvalue weighted by Crippen LogP contribution is -2.16. The minimum atomic E-state index is -0.215. The third kappa shape index (κ3) is 3.10. The summed E-state index contributed by atoms with van der Waals surface area (Å²) in [4.78, 5) is 10.8. The van der Waals surface area contributed by atoms with Crippen LogP contribution in [0.25, 0.3) is 11.1 Å². The van der Waals surface area contributed by atoms with E-state index in [4.69, 9.17) is 4.74 Å². The van der Waals surface area contributed by atoms with Crippen molar-refractivity contribution in [2.24, 2.45) is 0 Å². The SMILES string of the molecule is COc1ncccc1-c1ccc(CN2Cc3cccnc3C2)c(F)c1. The quantitative estimate of drug-likeness (QED) is 0.727. The van der Waals surface area contributed by atoms with Crippen LogP contribution in [0.15, 0.2) is 54.9 Å². The van der Waals surface area contributed by atoms with Gasteiger partial charge in [0.1, 0.15) is 5.82 Å². The highest BCUT2D eigenvalue weighted by atomic mass is 19.1. The number of fused-ring (bicyclic) bond motifs is 1. The molecule has 126 valence electrons. The van der Waals surface area contributed by atoms with Crippen LogP contribution in [0.2, 0.25) is 0 Å². The van der Waals surface area contributed by atoms with E-state index < -0.39 is 0 Å². The van der Waals surface area contributed by atoms with Crippen molar-refractivity contribution < 1.29 is 9.13 Å². The first kappa shape index (κ1) is 15.7. The maximum atomic E-state index is 14.7. The molecule has 0 radical (unpaired) electrons. The smallest absolute Gasteiger partial charge is 0.221 e. The zero-order valence-corrected chi connectivity index (χ0v) is 13.9. The summed E-state index contributed by atoms with van der Waals surface area (Å²) in [6, 6.07) is 13.0. The summed E-state index contributed by atoms with van der Waals surface area (Å²) in [5.74, 6) is 0.281. The maximum absolute atomic E-state index is 14.7. The number of aromatic nitrogens is 2. The van der Waals surface area contributed by atoms with E-state index in [0.717, 1.165) is 29.9 Å². The van der Waals surface area contributed by atoms with E-state index in [1.807, 2.05) is 30.3 Å². The summed E-state index contributed by atoms with van der Waals surface area (Å²) in [6.07, 6.45) is 3.46. The molecule has 0 aliphatic carbocycles. The molecule has 2 aromatic heterocycles. The van der Waals surface area contributed by atoms with Crippen LogP contribution in [0, 0.1) is 5.82 Å². The van der Waals surface area contributed by atoms with Gasteiger partial charge in [-0.1, -0.05) is 18.2 Å². The summed E-state index contributed by atoms with van der Waals surface area (Å²) in [5.41, 5.74) is 4.53. The van der Waals surface area contributed by atoms with Crippen molar-refractivity contribution in [2.45, 2.75) is 19.6 Å². The Kier molecular flexibility index (Phi) is 4.15. The number of pyridine rings is 2. The molecular formula is C20H18FN3O. The summed E-state index contributed by atoms with van der Waals surface area (Å²) in [7, 11) is 1.57. The second kappa shape index (κ2) is 6.61. The van der Waals surface area contributed by atoms with Crippen molar-refractivity contribution in [2.75, 3.05) is 7.11 Å². The van der Waals surface area contributed by atoms with Crippen LogP contribution in [-0.4, -0.2) is 22.0 Å². The van der Waals surface area contributed by atoms with E-state index in [1.165, 1.54) is 5.56 Å². The Bertz CT molecular complexity index is 888.